The second kappa shape index (κ2) is 5.58. The smallest absolute Gasteiger partial charge is 0.272 e. The molecule has 2 heterocycles. The molecule has 2 aromatic rings. The lowest BCUT2D eigenvalue weighted by Crippen LogP contribution is -2.34. The maximum atomic E-state index is 12.1. The monoisotopic (exact) mass is 288 g/mol. The van der Waals surface area contributed by atoms with Crippen LogP contribution in [-0.4, -0.2) is 33.2 Å². The molecule has 5 nitrogen and oxygen atoms in total. The van der Waals surface area contributed by atoms with Gasteiger partial charge in [-0.1, -0.05) is 0 Å². The van der Waals surface area contributed by atoms with Crippen molar-refractivity contribution in [2.75, 3.05) is 17.2 Å². The van der Waals surface area contributed by atoms with Gasteiger partial charge in [0.25, 0.3) is 5.91 Å². The van der Waals surface area contributed by atoms with Crippen molar-refractivity contribution in [3.63, 3.8) is 0 Å². The van der Waals surface area contributed by atoms with Crippen molar-refractivity contribution in [2.24, 2.45) is 0 Å². The van der Waals surface area contributed by atoms with Gasteiger partial charge in [0.05, 0.1) is 5.69 Å². The van der Waals surface area contributed by atoms with E-state index in [2.05, 4.69) is 10.4 Å². The topological polar surface area (TPSA) is 72.9 Å². The van der Waals surface area contributed by atoms with Gasteiger partial charge in [-0.05, 0) is 42.5 Å². The molecular formula is C14H16N4OS. The molecule has 104 valence electrons. The molecule has 0 bridgehead atoms. The number of nitrogens with zero attached hydrogens (tertiary/aromatic N) is 2. The first-order valence-electron chi connectivity index (χ1n) is 6.52. The Balaban J connectivity index is 1.72. The molecule has 1 aromatic heterocycles. The van der Waals surface area contributed by atoms with Gasteiger partial charge in [0, 0.05) is 23.7 Å². The van der Waals surface area contributed by atoms with Gasteiger partial charge in [0.2, 0.25) is 0 Å². The van der Waals surface area contributed by atoms with Gasteiger partial charge < -0.3 is 11.1 Å². The van der Waals surface area contributed by atoms with Crippen molar-refractivity contribution in [1.29, 1.82) is 0 Å². The number of nitrogen functional groups attached to an aromatic ring is 1. The van der Waals surface area contributed by atoms with Gasteiger partial charge in [-0.15, -0.1) is 0 Å². The van der Waals surface area contributed by atoms with E-state index in [1.807, 2.05) is 36.0 Å². The molecule has 1 aromatic carbocycles. The van der Waals surface area contributed by atoms with Crippen LogP contribution in [0.15, 0.2) is 36.5 Å². The van der Waals surface area contributed by atoms with Crippen molar-refractivity contribution in [1.82, 2.24) is 15.1 Å². The van der Waals surface area contributed by atoms with Crippen LogP contribution in [0, 0.1) is 0 Å². The summed E-state index contributed by atoms with van der Waals surface area (Å²) in [6.45, 7) is 0. The van der Waals surface area contributed by atoms with Crippen LogP contribution in [-0.2, 0) is 0 Å². The number of nitrogens with two attached hydrogens (primary N) is 1. The summed E-state index contributed by atoms with van der Waals surface area (Å²) in [5.41, 5.74) is 7.69. The normalized spacial score (nSPS) is 18.1. The Kier molecular flexibility index (Phi) is 3.64. The molecule has 0 radical (unpaired) electrons. The number of nitrogens with one attached hydrogen (secondary N) is 1. The highest BCUT2D eigenvalue weighted by atomic mass is 32.2. The van der Waals surface area contributed by atoms with Crippen molar-refractivity contribution in [3.8, 4) is 5.69 Å². The fraction of sp³-hybridized carbons (Fsp3) is 0.286. The van der Waals surface area contributed by atoms with Crippen molar-refractivity contribution in [3.05, 3.63) is 42.2 Å². The average Bonchev–Trinajstić information content (AvgIpc) is 3.10. The van der Waals surface area contributed by atoms with Crippen molar-refractivity contribution >= 4 is 23.4 Å². The largest absolute Gasteiger partial charge is 0.399 e. The summed E-state index contributed by atoms with van der Waals surface area (Å²) in [6.07, 6.45) is 2.82. The molecule has 1 amide bonds. The highest BCUT2D eigenvalue weighted by molar-refractivity contribution is 7.99. The minimum absolute atomic E-state index is 0.105. The molecule has 1 unspecified atom stereocenters. The molecule has 0 aliphatic carbocycles. The molecule has 0 spiro atoms. The van der Waals surface area contributed by atoms with Gasteiger partial charge in [0.1, 0.15) is 0 Å². The van der Waals surface area contributed by atoms with Gasteiger partial charge in [-0.25, -0.2) is 4.68 Å². The third-order valence-electron chi connectivity index (χ3n) is 3.24. The first kappa shape index (κ1) is 13.1. The van der Waals surface area contributed by atoms with E-state index in [1.165, 1.54) is 0 Å². The van der Waals surface area contributed by atoms with E-state index in [0.717, 1.165) is 23.6 Å². The van der Waals surface area contributed by atoms with Crippen LogP contribution in [0.1, 0.15) is 16.9 Å². The number of anilines is 1. The van der Waals surface area contributed by atoms with E-state index in [4.69, 9.17) is 5.73 Å². The molecule has 0 saturated carbocycles. The highest BCUT2D eigenvalue weighted by Gasteiger charge is 2.19. The second-order valence-corrected chi connectivity index (χ2v) is 5.92. The summed E-state index contributed by atoms with van der Waals surface area (Å²) in [5.74, 6) is 2.00. The summed E-state index contributed by atoms with van der Waals surface area (Å²) in [5, 5.41) is 7.32. The lowest BCUT2D eigenvalue weighted by Gasteiger charge is -2.09. The molecule has 1 atom stereocenters. The number of hydrogen-bond acceptors (Lipinski definition) is 4. The molecule has 6 heteroatoms. The Hall–Kier alpha value is -1.95. The predicted octanol–water partition coefficient (Wildman–Crippen LogP) is 1.69. The van der Waals surface area contributed by atoms with Crippen LogP contribution in [0.4, 0.5) is 5.69 Å². The van der Waals surface area contributed by atoms with E-state index in [1.54, 1.807) is 16.9 Å². The Morgan fingerprint density at radius 1 is 1.35 bits per heavy atom. The zero-order valence-corrected chi connectivity index (χ0v) is 11.8. The summed E-state index contributed by atoms with van der Waals surface area (Å²) in [4.78, 5) is 12.1. The third kappa shape index (κ3) is 2.80. The lowest BCUT2D eigenvalue weighted by atomic mass is 10.2. The number of rotatable bonds is 3. The maximum Gasteiger partial charge on any atom is 0.272 e. The molecule has 1 aliphatic rings. The van der Waals surface area contributed by atoms with Crippen LogP contribution in [0.25, 0.3) is 5.69 Å². The molecule has 3 rings (SSSR count). The highest BCUT2D eigenvalue weighted by Crippen LogP contribution is 2.17. The number of thioether (sulfide) groups is 1. The number of benzene rings is 1. The van der Waals surface area contributed by atoms with E-state index >= 15 is 0 Å². The molecular weight excluding hydrogens is 272 g/mol. The first-order chi connectivity index (χ1) is 9.72. The predicted molar refractivity (Wildman–Crippen MR) is 81.2 cm³/mol. The number of amides is 1. The van der Waals surface area contributed by atoms with Gasteiger partial charge in [0.15, 0.2) is 5.69 Å². The SMILES string of the molecule is Nc1ccc(-n2ccc(C(=O)NC3CCSC3)n2)cc1. The summed E-state index contributed by atoms with van der Waals surface area (Å²) in [7, 11) is 0. The number of carbonyl (C=O) groups excluding carboxylic acids is 1. The first-order valence-corrected chi connectivity index (χ1v) is 7.68. The van der Waals surface area contributed by atoms with E-state index in [-0.39, 0.29) is 11.9 Å². The molecule has 3 N–H and O–H groups in total. The van der Waals surface area contributed by atoms with E-state index in [0.29, 0.717) is 11.4 Å². The second-order valence-electron chi connectivity index (χ2n) is 4.77. The van der Waals surface area contributed by atoms with E-state index < -0.39 is 0 Å². The minimum Gasteiger partial charge on any atom is -0.399 e. The zero-order chi connectivity index (χ0) is 13.9. The Labute approximate surface area is 121 Å². The van der Waals surface area contributed by atoms with E-state index in [9.17, 15) is 4.79 Å². The Morgan fingerprint density at radius 3 is 2.85 bits per heavy atom. The molecule has 1 aliphatic heterocycles. The lowest BCUT2D eigenvalue weighted by molar-refractivity contribution is 0.0935. The van der Waals surface area contributed by atoms with Crippen molar-refractivity contribution in [2.45, 2.75) is 12.5 Å². The maximum absolute atomic E-state index is 12.1. The molecule has 1 saturated heterocycles. The average molecular weight is 288 g/mol. The Bertz CT molecular complexity index is 602. The van der Waals surface area contributed by atoms with Crippen LogP contribution in [0.5, 0.6) is 0 Å². The standard InChI is InChI=1S/C14H16N4OS/c15-10-1-3-12(4-2-10)18-7-5-13(17-18)14(19)16-11-6-8-20-9-11/h1-5,7,11H,6,8-9,15H2,(H,16,19). The molecule has 1 fully saturated rings. The minimum atomic E-state index is -0.105. The van der Waals surface area contributed by atoms with Crippen molar-refractivity contribution < 1.29 is 4.79 Å². The van der Waals surface area contributed by atoms with Gasteiger partial charge >= 0.3 is 0 Å². The number of aromatic nitrogens is 2. The van der Waals surface area contributed by atoms with Crippen LogP contribution < -0.4 is 11.1 Å². The zero-order valence-electron chi connectivity index (χ0n) is 11.0. The summed E-state index contributed by atoms with van der Waals surface area (Å²) < 4.78 is 1.68. The Morgan fingerprint density at radius 2 is 2.15 bits per heavy atom. The van der Waals surface area contributed by atoms with Crippen LogP contribution in [0.3, 0.4) is 0 Å². The quantitative estimate of drug-likeness (QED) is 0.843. The van der Waals surface area contributed by atoms with Gasteiger partial charge in [-0.2, -0.15) is 16.9 Å². The molecule has 20 heavy (non-hydrogen) atoms. The van der Waals surface area contributed by atoms with Crippen LogP contribution in [0.2, 0.25) is 0 Å². The fourth-order valence-corrected chi connectivity index (χ4v) is 3.28. The fourth-order valence-electron chi connectivity index (χ4n) is 2.12. The van der Waals surface area contributed by atoms with Crippen LogP contribution >= 0.6 is 11.8 Å². The summed E-state index contributed by atoms with van der Waals surface area (Å²) in [6, 6.07) is 9.37. The summed E-state index contributed by atoms with van der Waals surface area (Å²) >= 11 is 1.87. The van der Waals surface area contributed by atoms with Gasteiger partial charge in [-0.3, -0.25) is 4.79 Å². The number of carbonyl (C=O) groups is 1. The number of hydrogen-bond donors (Lipinski definition) is 2. The third-order valence-corrected chi connectivity index (χ3v) is 4.41.